The molecule has 0 aromatic heterocycles. The first-order chi connectivity index (χ1) is 17.4. The van der Waals surface area contributed by atoms with E-state index in [1.165, 1.54) is 0 Å². The first-order valence-corrected chi connectivity index (χ1v) is 12.9. The van der Waals surface area contributed by atoms with Crippen LogP contribution < -0.4 is 10.6 Å². The highest BCUT2D eigenvalue weighted by Gasteiger charge is 2.41. The molecule has 1 aliphatic carbocycles. The van der Waals surface area contributed by atoms with E-state index < -0.39 is 23.8 Å². The molecule has 1 aliphatic rings. The van der Waals surface area contributed by atoms with Crippen LogP contribution in [0.3, 0.4) is 0 Å². The van der Waals surface area contributed by atoms with Crippen molar-refractivity contribution in [1.82, 2.24) is 10.2 Å². The van der Waals surface area contributed by atoms with Gasteiger partial charge in [-0.25, -0.2) is 4.79 Å². The van der Waals surface area contributed by atoms with Crippen LogP contribution in [0.4, 0.5) is 10.5 Å². The number of hydrogen-bond donors (Lipinski definition) is 2. The predicted molar refractivity (Wildman–Crippen MR) is 147 cm³/mol. The third-order valence-corrected chi connectivity index (χ3v) is 6.60. The van der Waals surface area contributed by atoms with Crippen LogP contribution in [0.25, 0.3) is 6.08 Å². The lowest BCUT2D eigenvalue weighted by Crippen LogP contribution is -2.56. The number of ether oxygens (including phenoxy) is 1. The van der Waals surface area contributed by atoms with Gasteiger partial charge in [0.05, 0.1) is 10.7 Å². The Morgan fingerprint density at radius 2 is 1.84 bits per heavy atom. The largest absolute Gasteiger partial charge is 0.444 e. The van der Waals surface area contributed by atoms with Crippen LogP contribution in [-0.4, -0.2) is 40.5 Å². The maximum absolute atomic E-state index is 13.9. The molecule has 2 N–H and O–H groups in total. The fourth-order valence-electron chi connectivity index (χ4n) is 4.23. The molecule has 0 aliphatic heterocycles. The van der Waals surface area contributed by atoms with E-state index in [9.17, 15) is 14.4 Å². The van der Waals surface area contributed by atoms with Gasteiger partial charge in [-0.15, -0.1) is 0 Å². The van der Waals surface area contributed by atoms with E-state index in [2.05, 4.69) is 17.2 Å². The molecule has 2 atom stereocenters. The van der Waals surface area contributed by atoms with Crippen molar-refractivity contribution in [3.05, 3.63) is 70.8 Å². The summed E-state index contributed by atoms with van der Waals surface area (Å²) in [6.07, 6.45) is 3.48. The van der Waals surface area contributed by atoms with Crippen molar-refractivity contribution in [3.8, 4) is 0 Å². The number of carbonyl (C=O) groups excluding carboxylic acids is 3. The van der Waals surface area contributed by atoms with Crippen LogP contribution in [0.15, 0.2) is 49.0 Å². The summed E-state index contributed by atoms with van der Waals surface area (Å²) in [6, 6.07) is 10.8. The summed E-state index contributed by atoms with van der Waals surface area (Å²) in [5.74, 6) is -0.752. The van der Waals surface area contributed by atoms with Crippen molar-refractivity contribution in [2.45, 2.75) is 77.6 Å². The summed E-state index contributed by atoms with van der Waals surface area (Å²) in [5.41, 5.74) is 2.07. The molecule has 2 unspecified atom stereocenters. The van der Waals surface area contributed by atoms with E-state index in [4.69, 9.17) is 16.3 Å². The summed E-state index contributed by atoms with van der Waals surface area (Å²) in [7, 11) is 0. The molecule has 8 heteroatoms. The molecular weight excluding hydrogens is 490 g/mol. The van der Waals surface area contributed by atoms with Crippen LogP contribution in [0, 0.1) is 6.92 Å². The van der Waals surface area contributed by atoms with Gasteiger partial charge in [-0.1, -0.05) is 54.6 Å². The number of carbonyl (C=O) groups is 3. The summed E-state index contributed by atoms with van der Waals surface area (Å²) < 4.78 is 5.34. The minimum absolute atomic E-state index is 0.147. The fraction of sp³-hybridized carbons (Fsp3) is 0.414. The van der Waals surface area contributed by atoms with Crippen LogP contribution in [0.5, 0.6) is 0 Å². The monoisotopic (exact) mass is 525 g/mol. The number of rotatable bonds is 8. The SMILES string of the molecule is C=Cc1cccc(C(C(=O)Nc2c(C)cccc2Cl)N(C(=O)C(C)NC(=O)OC(C)(C)C)C2CCC2)c1. The highest BCUT2D eigenvalue weighted by Crippen LogP contribution is 2.35. The zero-order valence-electron chi connectivity index (χ0n) is 22.1. The second-order valence-corrected chi connectivity index (χ2v) is 10.8. The number of nitrogens with one attached hydrogen (secondary N) is 2. The molecule has 0 radical (unpaired) electrons. The number of alkyl carbamates (subject to hydrolysis) is 1. The summed E-state index contributed by atoms with van der Waals surface area (Å²) in [5, 5.41) is 6.01. The zero-order valence-corrected chi connectivity index (χ0v) is 22.9. The molecule has 0 heterocycles. The number of benzene rings is 2. The zero-order chi connectivity index (χ0) is 27.3. The number of para-hydroxylation sites is 1. The highest BCUT2D eigenvalue weighted by atomic mass is 35.5. The Morgan fingerprint density at radius 1 is 1.16 bits per heavy atom. The summed E-state index contributed by atoms with van der Waals surface area (Å²) in [4.78, 5) is 41.8. The second-order valence-electron chi connectivity index (χ2n) is 10.4. The minimum atomic E-state index is -0.948. The molecule has 2 aromatic rings. The number of anilines is 1. The normalized spacial score (nSPS) is 15.1. The average Bonchev–Trinajstić information content (AvgIpc) is 2.78. The van der Waals surface area contributed by atoms with Crippen molar-refractivity contribution in [1.29, 1.82) is 0 Å². The van der Waals surface area contributed by atoms with E-state index in [1.807, 2.05) is 43.3 Å². The molecule has 1 saturated carbocycles. The van der Waals surface area contributed by atoms with Crippen molar-refractivity contribution in [2.75, 3.05) is 5.32 Å². The molecule has 0 spiro atoms. The number of amides is 3. The first-order valence-electron chi connectivity index (χ1n) is 12.5. The van der Waals surface area contributed by atoms with Crippen LogP contribution in [0.1, 0.15) is 69.7 Å². The summed E-state index contributed by atoms with van der Waals surface area (Å²) in [6.45, 7) is 12.6. The van der Waals surface area contributed by atoms with Gasteiger partial charge in [0.25, 0.3) is 5.91 Å². The van der Waals surface area contributed by atoms with E-state index in [0.29, 0.717) is 16.3 Å². The van der Waals surface area contributed by atoms with Gasteiger partial charge < -0.3 is 20.3 Å². The molecule has 7 nitrogen and oxygen atoms in total. The van der Waals surface area contributed by atoms with Gasteiger partial charge >= 0.3 is 6.09 Å². The first kappa shape index (κ1) is 28.3. The lowest BCUT2D eigenvalue weighted by molar-refractivity contribution is -0.145. The Balaban J connectivity index is 2.01. The molecule has 0 bridgehead atoms. The molecule has 3 rings (SSSR count). The Bertz CT molecular complexity index is 1150. The quantitative estimate of drug-likeness (QED) is 0.425. The summed E-state index contributed by atoms with van der Waals surface area (Å²) >= 11 is 6.41. The van der Waals surface area contributed by atoms with Crippen molar-refractivity contribution in [2.24, 2.45) is 0 Å². The smallest absolute Gasteiger partial charge is 0.408 e. The Hall–Kier alpha value is -3.32. The van der Waals surface area contributed by atoms with Crippen LogP contribution in [0.2, 0.25) is 5.02 Å². The van der Waals surface area contributed by atoms with Gasteiger partial charge in [0, 0.05) is 6.04 Å². The topological polar surface area (TPSA) is 87.7 Å². The number of aryl methyl sites for hydroxylation is 1. The van der Waals surface area contributed by atoms with Gasteiger partial charge in [0.15, 0.2) is 0 Å². The maximum atomic E-state index is 13.9. The molecule has 198 valence electrons. The van der Waals surface area contributed by atoms with Gasteiger partial charge in [0.2, 0.25) is 5.91 Å². The van der Waals surface area contributed by atoms with Crippen LogP contribution in [-0.2, 0) is 14.3 Å². The van der Waals surface area contributed by atoms with Gasteiger partial charge in [0.1, 0.15) is 17.7 Å². The molecule has 37 heavy (non-hydrogen) atoms. The third kappa shape index (κ3) is 7.13. The molecule has 3 amide bonds. The molecular formula is C29H36ClN3O4. The Labute approximate surface area is 224 Å². The van der Waals surface area contributed by atoms with E-state index in [1.54, 1.807) is 44.7 Å². The lowest BCUT2D eigenvalue weighted by Gasteiger charge is -2.43. The standard InChI is InChI=1S/C29H36ClN3O4/c1-7-20-12-9-13-21(17-20)25(26(34)32-24-18(2)11-8-16-23(24)30)33(22-14-10-15-22)27(35)19(3)31-28(36)37-29(4,5)6/h7-9,11-13,16-17,19,22,25H,1,10,14-15H2,2-6H3,(H,31,36)(H,32,34). The maximum Gasteiger partial charge on any atom is 0.408 e. The predicted octanol–water partition coefficient (Wildman–Crippen LogP) is 6.27. The third-order valence-electron chi connectivity index (χ3n) is 6.29. The molecule has 1 fully saturated rings. The van der Waals surface area contributed by atoms with Crippen LogP contribution >= 0.6 is 11.6 Å². The minimum Gasteiger partial charge on any atom is -0.444 e. The average molecular weight is 526 g/mol. The molecule has 2 aromatic carbocycles. The van der Waals surface area contributed by atoms with Crippen molar-refractivity contribution in [3.63, 3.8) is 0 Å². The van der Waals surface area contributed by atoms with E-state index in [-0.39, 0.29) is 17.9 Å². The number of halogens is 1. The van der Waals surface area contributed by atoms with Crippen molar-refractivity contribution >= 4 is 41.3 Å². The second kappa shape index (κ2) is 11.8. The molecule has 0 saturated heterocycles. The van der Waals surface area contributed by atoms with Crippen molar-refractivity contribution < 1.29 is 19.1 Å². The lowest BCUT2D eigenvalue weighted by atomic mass is 9.88. The number of hydrogen-bond acceptors (Lipinski definition) is 4. The number of nitrogens with zero attached hydrogens (tertiary/aromatic N) is 1. The van der Waals surface area contributed by atoms with Gasteiger partial charge in [-0.05, 0) is 82.7 Å². The van der Waals surface area contributed by atoms with E-state index >= 15 is 0 Å². The van der Waals surface area contributed by atoms with Gasteiger partial charge in [-0.2, -0.15) is 0 Å². The van der Waals surface area contributed by atoms with Gasteiger partial charge in [-0.3, -0.25) is 9.59 Å². The van der Waals surface area contributed by atoms with E-state index in [0.717, 1.165) is 30.4 Å². The Morgan fingerprint density at radius 3 is 2.41 bits per heavy atom. The fourth-order valence-corrected chi connectivity index (χ4v) is 4.50. The highest BCUT2D eigenvalue weighted by molar-refractivity contribution is 6.34. The Kier molecular flexibility index (Phi) is 9.02.